The van der Waals surface area contributed by atoms with Crippen molar-refractivity contribution in [2.75, 3.05) is 25.2 Å². The maximum atomic E-state index is 12.9. The van der Waals surface area contributed by atoms with Gasteiger partial charge in [-0.2, -0.15) is 0 Å². The highest BCUT2D eigenvalue weighted by atomic mass is 16.7. The van der Waals surface area contributed by atoms with Crippen LogP contribution >= 0.6 is 0 Å². The van der Waals surface area contributed by atoms with Crippen molar-refractivity contribution in [2.24, 2.45) is 5.92 Å². The number of likely N-dealkylation sites (tertiary alicyclic amines) is 1. The third kappa shape index (κ3) is 3.58. The molecule has 0 saturated carbocycles. The van der Waals surface area contributed by atoms with E-state index in [4.69, 9.17) is 9.47 Å². The molecule has 4 heterocycles. The van der Waals surface area contributed by atoms with Crippen LogP contribution in [0.3, 0.4) is 0 Å². The van der Waals surface area contributed by atoms with Gasteiger partial charge in [0.15, 0.2) is 11.5 Å². The molecule has 2 aromatic heterocycles. The molecule has 1 fully saturated rings. The van der Waals surface area contributed by atoms with Gasteiger partial charge in [0.2, 0.25) is 12.7 Å². The van der Waals surface area contributed by atoms with Crippen LogP contribution in [-0.2, 0) is 4.79 Å². The fourth-order valence-electron chi connectivity index (χ4n) is 3.91. The molecular formula is C22H20N4O5. The summed E-state index contributed by atoms with van der Waals surface area (Å²) in [5.41, 5.74) is 0.774. The van der Waals surface area contributed by atoms with E-state index in [0.29, 0.717) is 48.8 Å². The summed E-state index contributed by atoms with van der Waals surface area (Å²) < 4.78 is 12.0. The molecule has 1 aromatic carbocycles. The number of aromatic nitrogens is 2. The molecule has 1 N–H and O–H groups in total. The van der Waals surface area contributed by atoms with Gasteiger partial charge < -0.3 is 19.7 Å². The van der Waals surface area contributed by atoms with Crippen molar-refractivity contribution in [2.45, 2.75) is 12.8 Å². The average Bonchev–Trinajstić information content (AvgIpc) is 3.27. The smallest absolute Gasteiger partial charge is 0.270 e. The maximum absolute atomic E-state index is 12.9. The minimum absolute atomic E-state index is 0.0342. The molecule has 2 amide bonds. The molecule has 0 bridgehead atoms. The first-order valence-corrected chi connectivity index (χ1v) is 10.1. The van der Waals surface area contributed by atoms with Crippen LogP contribution in [0.25, 0.3) is 5.65 Å². The Morgan fingerprint density at radius 3 is 2.71 bits per heavy atom. The molecule has 1 saturated heterocycles. The van der Waals surface area contributed by atoms with Gasteiger partial charge in [0, 0.05) is 43.2 Å². The third-order valence-corrected chi connectivity index (χ3v) is 5.64. The Balaban J connectivity index is 1.23. The third-order valence-electron chi connectivity index (χ3n) is 5.64. The molecule has 31 heavy (non-hydrogen) atoms. The van der Waals surface area contributed by atoms with E-state index in [-0.39, 0.29) is 30.1 Å². The second kappa shape index (κ2) is 7.75. The second-order valence-corrected chi connectivity index (χ2v) is 7.53. The molecule has 9 heteroatoms. The van der Waals surface area contributed by atoms with Gasteiger partial charge in [0.25, 0.3) is 11.5 Å². The number of fused-ring (bicyclic) bond motifs is 2. The quantitative estimate of drug-likeness (QED) is 0.695. The van der Waals surface area contributed by atoms with Crippen molar-refractivity contribution < 1.29 is 19.1 Å². The fraction of sp³-hybridized carbons (Fsp3) is 0.273. The maximum Gasteiger partial charge on any atom is 0.270 e. The van der Waals surface area contributed by atoms with E-state index >= 15 is 0 Å². The van der Waals surface area contributed by atoms with E-state index in [2.05, 4.69) is 10.3 Å². The Morgan fingerprint density at radius 1 is 1.06 bits per heavy atom. The Bertz CT molecular complexity index is 1230. The van der Waals surface area contributed by atoms with E-state index in [1.165, 1.54) is 10.6 Å². The average molecular weight is 420 g/mol. The lowest BCUT2D eigenvalue weighted by atomic mass is 9.95. The highest BCUT2D eigenvalue weighted by molar-refractivity contribution is 5.95. The van der Waals surface area contributed by atoms with E-state index in [9.17, 15) is 14.4 Å². The molecule has 0 spiro atoms. The van der Waals surface area contributed by atoms with Crippen molar-refractivity contribution >= 4 is 23.1 Å². The van der Waals surface area contributed by atoms with Crippen LogP contribution in [0.5, 0.6) is 11.5 Å². The first kappa shape index (κ1) is 19.1. The summed E-state index contributed by atoms with van der Waals surface area (Å²) in [7, 11) is 0. The van der Waals surface area contributed by atoms with Crippen LogP contribution in [0.15, 0.2) is 53.6 Å². The lowest BCUT2D eigenvalue weighted by molar-refractivity contribution is -0.121. The molecule has 2 aliphatic rings. The van der Waals surface area contributed by atoms with Gasteiger partial charge in [0.05, 0.1) is 0 Å². The van der Waals surface area contributed by atoms with Gasteiger partial charge in [-0.05, 0) is 37.1 Å². The highest BCUT2D eigenvalue weighted by Gasteiger charge is 2.29. The predicted molar refractivity (Wildman–Crippen MR) is 111 cm³/mol. The molecule has 2 aliphatic heterocycles. The Labute approximate surface area is 177 Å². The van der Waals surface area contributed by atoms with Crippen LogP contribution < -0.4 is 20.3 Å². The minimum Gasteiger partial charge on any atom is -0.454 e. The zero-order chi connectivity index (χ0) is 21.4. The molecule has 0 aliphatic carbocycles. The zero-order valence-electron chi connectivity index (χ0n) is 16.6. The molecule has 3 aromatic rings. The van der Waals surface area contributed by atoms with Gasteiger partial charge in [-0.15, -0.1) is 0 Å². The standard InChI is InChI=1S/C22H20N4O5/c27-20(24-15-4-5-17-18(11-15)31-13-30-17)14-6-9-25(10-7-14)21(28)16-12-23-19-3-1-2-8-26(19)22(16)29/h1-5,8,11-12,14H,6-7,9-10,13H2,(H,24,27). The van der Waals surface area contributed by atoms with E-state index in [0.717, 1.165) is 0 Å². The van der Waals surface area contributed by atoms with Crippen molar-refractivity contribution in [1.82, 2.24) is 14.3 Å². The SMILES string of the molecule is O=C(Nc1ccc2c(c1)OCO2)C1CCN(C(=O)c2cnc3ccccn3c2=O)CC1. The number of hydrogen-bond donors (Lipinski definition) is 1. The van der Waals surface area contributed by atoms with E-state index in [1.807, 2.05) is 0 Å². The van der Waals surface area contributed by atoms with Crippen LogP contribution in [0, 0.1) is 5.92 Å². The van der Waals surface area contributed by atoms with Crippen LogP contribution in [0.2, 0.25) is 0 Å². The number of carbonyl (C=O) groups excluding carboxylic acids is 2. The second-order valence-electron chi connectivity index (χ2n) is 7.53. The predicted octanol–water partition coefficient (Wildman–Crippen LogP) is 1.91. The van der Waals surface area contributed by atoms with Gasteiger partial charge >= 0.3 is 0 Å². The number of piperidine rings is 1. The Kier molecular flexibility index (Phi) is 4.78. The molecular weight excluding hydrogens is 400 g/mol. The number of ether oxygens (including phenoxy) is 2. The van der Waals surface area contributed by atoms with Gasteiger partial charge in [-0.3, -0.25) is 18.8 Å². The summed E-state index contributed by atoms with van der Waals surface area (Å²) in [4.78, 5) is 44.0. The first-order chi connectivity index (χ1) is 15.1. The van der Waals surface area contributed by atoms with Crippen molar-refractivity contribution in [3.63, 3.8) is 0 Å². The number of amides is 2. The normalized spacial score (nSPS) is 15.8. The number of nitrogens with zero attached hydrogens (tertiary/aromatic N) is 3. The summed E-state index contributed by atoms with van der Waals surface area (Å²) in [6.07, 6.45) is 3.96. The van der Waals surface area contributed by atoms with Gasteiger partial charge in [-0.25, -0.2) is 4.98 Å². The number of carbonyl (C=O) groups is 2. The van der Waals surface area contributed by atoms with Crippen LogP contribution in [0.1, 0.15) is 23.2 Å². The van der Waals surface area contributed by atoms with Gasteiger partial charge in [-0.1, -0.05) is 6.07 Å². The molecule has 0 unspecified atom stereocenters. The van der Waals surface area contributed by atoms with Gasteiger partial charge in [0.1, 0.15) is 11.2 Å². The minimum atomic E-state index is -0.390. The monoisotopic (exact) mass is 420 g/mol. The molecule has 9 nitrogen and oxygen atoms in total. The Morgan fingerprint density at radius 2 is 1.87 bits per heavy atom. The molecule has 0 atom stereocenters. The van der Waals surface area contributed by atoms with Crippen molar-refractivity contribution in [3.8, 4) is 11.5 Å². The number of rotatable bonds is 3. The lowest BCUT2D eigenvalue weighted by Crippen LogP contribution is -2.43. The van der Waals surface area contributed by atoms with E-state index in [1.54, 1.807) is 47.5 Å². The van der Waals surface area contributed by atoms with E-state index < -0.39 is 5.56 Å². The topological polar surface area (TPSA) is 102 Å². The number of benzene rings is 1. The molecule has 5 rings (SSSR count). The lowest BCUT2D eigenvalue weighted by Gasteiger charge is -2.31. The number of anilines is 1. The number of hydrogen-bond acceptors (Lipinski definition) is 6. The summed E-state index contributed by atoms with van der Waals surface area (Å²) >= 11 is 0. The summed E-state index contributed by atoms with van der Waals surface area (Å²) in [5, 5.41) is 2.91. The first-order valence-electron chi connectivity index (χ1n) is 10.1. The Hall–Kier alpha value is -3.88. The van der Waals surface area contributed by atoms with Crippen molar-refractivity contribution in [1.29, 1.82) is 0 Å². The molecule has 158 valence electrons. The fourth-order valence-corrected chi connectivity index (χ4v) is 3.91. The highest BCUT2D eigenvalue weighted by Crippen LogP contribution is 2.34. The number of nitrogens with one attached hydrogen (secondary N) is 1. The zero-order valence-corrected chi connectivity index (χ0v) is 16.6. The summed E-state index contributed by atoms with van der Waals surface area (Å²) in [6.45, 7) is 0.972. The van der Waals surface area contributed by atoms with Crippen LogP contribution in [0.4, 0.5) is 5.69 Å². The van der Waals surface area contributed by atoms with Crippen LogP contribution in [-0.4, -0.2) is 46.0 Å². The molecule has 0 radical (unpaired) electrons. The largest absolute Gasteiger partial charge is 0.454 e. The number of pyridine rings is 1. The summed E-state index contributed by atoms with van der Waals surface area (Å²) in [6, 6.07) is 10.5. The summed E-state index contributed by atoms with van der Waals surface area (Å²) in [5.74, 6) is 0.589. The van der Waals surface area contributed by atoms with Crippen molar-refractivity contribution in [3.05, 3.63) is 64.7 Å².